The average molecular weight is 423 g/mol. The van der Waals surface area contributed by atoms with E-state index in [1.165, 1.54) is 0 Å². The van der Waals surface area contributed by atoms with Crippen LogP contribution in [0.15, 0.2) is 48.5 Å². The van der Waals surface area contributed by atoms with Gasteiger partial charge in [-0.2, -0.15) is 0 Å². The Morgan fingerprint density at radius 2 is 1.97 bits per heavy atom. The molecule has 5 rings (SSSR count). The fraction of sp³-hybridized carbons (Fsp3) is 0.227. The number of Topliss-reactive ketones (excluding diaryl/α,β-unsaturated/α-hetero) is 1. The number of rotatable bonds is 3. The summed E-state index contributed by atoms with van der Waals surface area (Å²) in [6.07, 6.45) is 1.25. The minimum absolute atomic E-state index is 0.105. The number of ketones is 1. The monoisotopic (exact) mass is 422 g/mol. The van der Waals surface area contributed by atoms with E-state index in [1.54, 1.807) is 11.3 Å². The van der Waals surface area contributed by atoms with Crippen molar-refractivity contribution in [1.82, 2.24) is 14.8 Å². The summed E-state index contributed by atoms with van der Waals surface area (Å²) in [5, 5.41) is 9.48. The normalized spacial score (nSPS) is 15.5. The van der Waals surface area contributed by atoms with Crippen molar-refractivity contribution < 1.29 is 4.79 Å². The number of para-hydroxylation sites is 1. The average Bonchev–Trinajstić information content (AvgIpc) is 3.22. The third kappa shape index (κ3) is 3.32. The van der Waals surface area contributed by atoms with Crippen molar-refractivity contribution in [2.75, 3.05) is 5.32 Å². The lowest BCUT2D eigenvalue weighted by Gasteiger charge is -2.28. The minimum Gasteiger partial charge on any atom is -0.338 e. The zero-order valence-corrected chi connectivity index (χ0v) is 17.6. The van der Waals surface area contributed by atoms with E-state index in [9.17, 15) is 4.79 Å². The van der Waals surface area contributed by atoms with Crippen LogP contribution in [-0.2, 0) is 6.42 Å². The molecule has 0 unspecified atom stereocenters. The number of aromatic nitrogens is 3. The maximum absolute atomic E-state index is 13.1. The summed E-state index contributed by atoms with van der Waals surface area (Å²) in [7, 11) is 0. The first-order valence-electron chi connectivity index (χ1n) is 9.43. The third-order valence-electron chi connectivity index (χ3n) is 5.10. The molecule has 0 atom stereocenters. The van der Waals surface area contributed by atoms with Crippen LogP contribution in [0.25, 0.3) is 15.3 Å². The van der Waals surface area contributed by atoms with Gasteiger partial charge < -0.3 is 5.32 Å². The van der Waals surface area contributed by atoms with Crippen LogP contribution in [0.2, 0.25) is 5.02 Å². The molecule has 146 valence electrons. The second kappa shape index (κ2) is 6.68. The van der Waals surface area contributed by atoms with Gasteiger partial charge in [0.1, 0.15) is 0 Å². The highest BCUT2D eigenvalue weighted by atomic mass is 35.5. The van der Waals surface area contributed by atoms with Crippen molar-refractivity contribution in [1.29, 1.82) is 0 Å². The summed E-state index contributed by atoms with van der Waals surface area (Å²) in [5.74, 6) is 0.662. The molecule has 2 aromatic heterocycles. The highest BCUT2D eigenvalue weighted by Crippen LogP contribution is 2.40. The van der Waals surface area contributed by atoms with Gasteiger partial charge in [-0.25, -0.2) is 9.67 Å². The van der Waals surface area contributed by atoms with Crippen LogP contribution < -0.4 is 5.32 Å². The molecule has 2 heterocycles. The summed E-state index contributed by atoms with van der Waals surface area (Å²) in [6, 6.07) is 15.4. The predicted octanol–water partition coefficient (Wildman–Crippen LogP) is 6.03. The van der Waals surface area contributed by atoms with E-state index in [0.29, 0.717) is 22.8 Å². The molecule has 0 fully saturated rings. The lowest BCUT2D eigenvalue weighted by Crippen LogP contribution is -2.28. The van der Waals surface area contributed by atoms with E-state index in [2.05, 4.69) is 19.2 Å². The van der Waals surface area contributed by atoms with Crippen molar-refractivity contribution in [2.24, 2.45) is 5.41 Å². The fourth-order valence-electron chi connectivity index (χ4n) is 3.85. The molecule has 1 aliphatic carbocycles. The number of fused-ring (bicyclic) bond motifs is 2. The molecule has 7 heteroatoms. The number of nitrogens with one attached hydrogen (secondary N) is 1. The molecule has 0 saturated heterocycles. The SMILES string of the molecule is CC1(C)CC(=O)c2c(Nc3cccc(Cl)c3)nn(-c3nc4ccccc4s3)c2C1. The summed E-state index contributed by atoms with van der Waals surface area (Å²) in [4.78, 5) is 17.8. The second-order valence-electron chi connectivity index (χ2n) is 8.12. The van der Waals surface area contributed by atoms with Crippen molar-refractivity contribution >= 4 is 50.4 Å². The molecule has 0 radical (unpaired) electrons. The maximum atomic E-state index is 13.1. The van der Waals surface area contributed by atoms with Gasteiger partial charge in [-0.05, 0) is 42.2 Å². The first-order valence-corrected chi connectivity index (χ1v) is 10.6. The number of anilines is 2. The molecule has 1 aliphatic rings. The highest BCUT2D eigenvalue weighted by molar-refractivity contribution is 7.20. The zero-order chi connectivity index (χ0) is 20.2. The number of nitrogens with zero attached hydrogens (tertiary/aromatic N) is 3. The molecule has 0 saturated carbocycles. The summed E-state index contributed by atoms with van der Waals surface area (Å²) >= 11 is 7.70. The Labute approximate surface area is 177 Å². The van der Waals surface area contributed by atoms with Gasteiger partial charge in [-0.15, -0.1) is 5.10 Å². The molecular formula is C22H19ClN4OS. The van der Waals surface area contributed by atoms with Gasteiger partial charge in [0.05, 0.1) is 21.5 Å². The Balaban J connectivity index is 1.67. The molecule has 2 aromatic carbocycles. The zero-order valence-electron chi connectivity index (χ0n) is 16.1. The van der Waals surface area contributed by atoms with Gasteiger partial charge in [0, 0.05) is 17.1 Å². The lowest BCUT2D eigenvalue weighted by atomic mass is 9.76. The Morgan fingerprint density at radius 1 is 1.14 bits per heavy atom. The predicted molar refractivity (Wildman–Crippen MR) is 118 cm³/mol. The highest BCUT2D eigenvalue weighted by Gasteiger charge is 2.37. The number of carbonyl (C=O) groups is 1. The van der Waals surface area contributed by atoms with Crippen molar-refractivity contribution in [3.8, 4) is 5.13 Å². The molecule has 0 bridgehead atoms. The second-order valence-corrected chi connectivity index (χ2v) is 9.57. The first kappa shape index (κ1) is 18.3. The van der Waals surface area contributed by atoms with E-state index in [-0.39, 0.29) is 11.2 Å². The van der Waals surface area contributed by atoms with Gasteiger partial charge in [0.15, 0.2) is 11.6 Å². The van der Waals surface area contributed by atoms with Crippen LogP contribution in [0.4, 0.5) is 11.5 Å². The number of carbonyl (C=O) groups excluding carboxylic acids is 1. The Bertz CT molecular complexity index is 1220. The van der Waals surface area contributed by atoms with Gasteiger partial charge >= 0.3 is 0 Å². The first-order chi connectivity index (χ1) is 13.9. The Morgan fingerprint density at radius 3 is 2.76 bits per heavy atom. The Kier molecular flexibility index (Phi) is 4.22. The van der Waals surface area contributed by atoms with E-state index in [0.717, 1.165) is 33.2 Å². The van der Waals surface area contributed by atoms with Crippen LogP contribution >= 0.6 is 22.9 Å². The third-order valence-corrected chi connectivity index (χ3v) is 6.34. The number of hydrogen-bond donors (Lipinski definition) is 1. The van der Waals surface area contributed by atoms with Gasteiger partial charge in [0.2, 0.25) is 5.13 Å². The summed E-state index contributed by atoms with van der Waals surface area (Å²) in [5.41, 5.74) is 3.18. The van der Waals surface area contributed by atoms with Crippen LogP contribution in [0.3, 0.4) is 0 Å². The van der Waals surface area contributed by atoms with Crippen LogP contribution in [0, 0.1) is 5.41 Å². The topological polar surface area (TPSA) is 59.8 Å². The smallest absolute Gasteiger partial charge is 0.211 e. The van der Waals surface area contributed by atoms with Gasteiger partial charge in [-0.1, -0.05) is 55.0 Å². The Hall–Kier alpha value is -2.70. The fourth-order valence-corrected chi connectivity index (χ4v) is 4.98. The number of hydrogen-bond acceptors (Lipinski definition) is 5. The van der Waals surface area contributed by atoms with Crippen molar-refractivity contribution in [3.05, 3.63) is 64.8 Å². The molecule has 1 N–H and O–H groups in total. The molecule has 0 spiro atoms. The molecule has 29 heavy (non-hydrogen) atoms. The lowest BCUT2D eigenvalue weighted by molar-refractivity contribution is 0.0912. The maximum Gasteiger partial charge on any atom is 0.211 e. The van der Waals surface area contributed by atoms with E-state index < -0.39 is 0 Å². The van der Waals surface area contributed by atoms with E-state index >= 15 is 0 Å². The van der Waals surface area contributed by atoms with E-state index in [4.69, 9.17) is 21.7 Å². The number of benzene rings is 2. The van der Waals surface area contributed by atoms with Gasteiger partial charge in [-0.3, -0.25) is 4.79 Å². The molecule has 5 nitrogen and oxygen atoms in total. The molecule has 0 aliphatic heterocycles. The molecule has 0 amide bonds. The largest absolute Gasteiger partial charge is 0.338 e. The van der Waals surface area contributed by atoms with Crippen LogP contribution in [-0.4, -0.2) is 20.5 Å². The van der Waals surface area contributed by atoms with Crippen LogP contribution in [0.5, 0.6) is 0 Å². The number of halogens is 1. The summed E-state index contributed by atoms with van der Waals surface area (Å²) in [6.45, 7) is 4.24. The molecular weight excluding hydrogens is 404 g/mol. The van der Waals surface area contributed by atoms with Crippen molar-refractivity contribution in [2.45, 2.75) is 26.7 Å². The van der Waals surface area contributed by atoms with Crippen molar-refractivity contribution in [3.63, 3.8) is 0 Å². The summed E-state index contributed by atoms with van der Waals surface area (Å²) < 4.78 is 2.93. The number of thiazole rings is 1. The standard InChI is InChI=1S/C22H19ClN4OS/c1-22(2)11-16-19(17(28)12-22)20(24-14-7-5-6-13(23)10-14)26-27(16)21-25-15-8-3-4-9-18(15)29-21/h3-10H,11-12H2,1-2H3,(H,24,26). The molecule has 4 aromatic rings. The quantitative estimate of drug-likeness (QED) is 0.437. The van der Waals surface area contributed by atoms with E-state index in [1.807, 2.05) is 53.2 Å². The van der Waals surface area contributed by atoms with Crippen LogP contribution in [0.1, 0.15) is 36.3 Å². The van der Waals surface area contributed by atoms with Gasteiger partial charge in [0.25, 0.3) is 0 Å². The minimum atomic E-state index is -0.119.